The molecule has 0 aliphatic heterocycles. The lowest BCUT2D eigenvalue weighted by molar-refractivity contribution is -0.138. The Morgan fingerprint density at radius 2 is 1.02 bits per heavy atom. The minimum Gasteiger partial charge on any atom is -0.336 e. The molecule has 2 aromatic heterocycles. The van der Waals surface area contributed by atoms with Crippen LogP contribution in [0.5, 0.6) is 0 Å². The monoisotopic (exact) mass is 1380 g/mol. The van der Waals surface area contributed by atoms with E-state index in [9.17, 15) is 57.7 Å². The summed E-state index contributed by atoms with van der Waals surface area (Å²) in [7, 11) is 0. The number of fused-ring (bicyclic) bond motifs is 2. The third-order valence-corrected chi connectivity index (χ3v) is 15.0. The van der Waals surface area contributed by atoms with Gasteiger partial charge in [-0.15, -0.1) is 0 Å². The van der Waals surface area contributed by atoms with Gasteiger partial charge in [-0.05, 0) is 157 Å². The second-order valence-corrected chi connectivity index (χ2v) is 21.4. The van der Waals surface area contributed by atoms with Gasteiger partial charge in [0.2, 0.25) is 11.8 Å². The van der Waals surface area contributed by atoms with Gasteiger partial charge in [-0.25, -0.2) is 8.78 Å². The average Bonchev–Trinajstić information content (AvgIpc) is 1.51. The number of carbonyl (C=O) groups is 2. The standard InChI is InChI=1S/C37H40F4N4O2S.C36H38F4N4O2S/c1-4-43(5-2)18-19-44(22-26-6-10-28(11-7-26)29-12-14-30(15-13-29)37(39,40)41)34(46)23-45-33-21-25(3)20-32(33)35(47)42-36(45)48-24-27-8-16-31(38)17-9-27;1-3-42(4-2)20-21-43(22-25-8-12-27(13-9-25)28-14-16-29(17-15-28)36(38,39)40)33(45)23-44-32-7-5-6-31(32)34(46)41-35(44)47-24-26-10-18-30(37)19-11-26/h6-17,25H,4-5,18-24H2,1-3H3;8-19H,3-7,20-24H2,1-2H3/i6D,7D,8D,9D,10D,11D,12D,13D,14D,15D,16D,17D,18D2,19D2,20D2,21D2,23D2,24D2,25D;3D2,4D2,20D2,21D2,23D2,24D2. The van der Waals surface area contributed by atoms with E-state index in [1.54, 1.807) is 0 Å². The molecule has 2 aliphatic carbocycles. The summed E-state index contributed by atoms with van der Waals surface area (Å²) in [5.41, 5.74) is -18.9. The number of nitrogens with zero attached hydrogens (tertiary/aromatic N) is 8. The summed E-state index contributed by atoms with van der Waals surface area (Å²) in [5.74, 6) is -9.87. The van der Waals surface area contributed by atoms with E-state index >= 15 is 4.79 Å². The number of hydrogen-bond acceptors (Lipinski definition) is 10. The fraction of sp³-hybridized carbons (Fsp3) is 0.370. The van der Waals surface area contributed by atoms with E-state index in [2.05, 4.69) is 9.97 Å². The molecular weight excluding hydrogens is 1270 g/mol. The maximum Gasteiger partial charge on any atom is 0.416 e. The molecule has 502 valence electrons. The molecule has 8 aromatic rings. The van der Waals surface area contributed by atoms with Crippen molar-refractivity contribution in [2.45, 2.75) is 127 Å². The van der Waals surface area contributed by atoms with Gasteiger partial charge in [0.25, 0.3) is 11.1 Å². The number of halogens is 8. The molecule has 12 nitrogen and oxygen atoms in total. The molecule has 6 aromatic carbocycles. The predicted molar refractivity (Wildman–Crippen MR) is 358 cm³/mol. The van der Waals surface area contributed by atoms with Crippen molar-refractivity contribution in [1.82, 2.24) is 38.7 Å². The lowest BCUT2D eigenvalue weighted by Gasteiger charge is -2.28. The molecular formula is C73H78F8N8O4S2. The molecule has 1 unspecified atom stereocenters. The summed E-state index contributed by atoms with van der Waals surface area (Å²) >= 11 is -0.340. The summed E-state index contributed by atoms with van der Waals surface area (Å²) in [6.45, 7) is -27.5. The zero-order chi connectivity index (χ0) is 101. The molecule has 0 saturated carbocycles. The fourth-order valence-corrected chi connectivity index (χ4v) is 10.0. The maximum absolute atomic E-state index is 15.3. The van der Waals surface area contributed by atoms with Crippen molar-refractivity contribution in [3.05, 3.63) is 234 Å². The van der Waals surface area contributed by atoms with Crippen molar-refractivity contribution in [2.24, 2.45) is 5.89 Å². The minimum atomic E-state index is -5.46. The first-order valence-corrected chi connectivity index (χ1v) is 29.9. The molecule has 0 fully saturated rings. The fourth-order valence-electron chi connectivity index (χ4n) is 8.68. The van der Waals surface area contributed by atoms with Crippen LogP contribution in [0.25, 0.3) is 22.3 Å². The van der Waals surface area contributed by atoms with E-state index in [1.807, 2.05) is 0 Å². The molecule has 10 rings (SSSR count). The zero-order valence-corrected chi connectivity index (χ0v) is 52.1. The van der Waals surface area contributed by atoms with E-state index in [0.717, 1.165) is 55.1 Å². The van der Waals surface area contributed by atoms with Gasteiger partial charge in [0.1, 0.15) is 24.6 Å². The SMILES string of the molecule is [2H]C([2H])(Sc1nc(=O)c2c(n1C([2H])([2H])C(=O)N(Cc1ccc(-c3ccc(C(F)(F)F)cc3)cc1)C([2H])([2H])C([2H])([2H])N(C([2H])([2H])C)C([2H])([2H])C)CCC2)c1ccc(F)cc1.[2H]c1c([2H])c(C([2H])([2H])Sc2nc(=O)c3c(n2C([2H])([2H])C(=O)N(Cc2c([2H])c([2H])c(-c4c([2H])c([2H])c(C(F)(F)F)c([2H])c4[2H])c([2H])c2[2H])C([2H])([2H])C([2H])([2H])N(CC)CC)C([2H])([2H])C([2H])(C)C3([2H])[2H])c([2H])c([2H])c1F. The normalized spacial score (nSPS) is 22.6. The molecule has 95 heavy (non-hydrogen) atoms. The van der Waals surface area contributed by atoms with Crippen molar-refractivity contribution in [2.75, 3.05) is 52.1 Å². The van der Waals surface area contributed by atoms with Crippen LogP contribution < -0.4 is 11.1 Å². The third-order valence-electron chi connectivity index (χ3n) is 13.5. The van der Waals surface area contributed by atoms with Gasteiger partial charge in [0, 0.05) is 96.3 Å². The number of amides is 2. The van der Waals surface area contributed by atoms with Gasteiger partial charge in [-0.2, -0.15) is 36.3 Å². The number of benzene rings is 6. The zero-order valence-electron chi connectivity index (χ0n) is 87.4. The number of hydrogen-bond donors (Lipinski definition) is 0. The van der Waals surface area contributed by atoms with E-state index in [4.69, 9.17) is 42.5 Å². The van der Waals surface area contributed by atoms with Gasteiger partial charge in [-0.1, -0.05) is 155 Å². The maximum atomic E-state index is 15.3. The molecule has 2 amide bonds. The van der Waals surface area contributed by atoms with Gasteiger partial charge in [0.05, 0.1) is 38.5 Å². The number of aromatic nitrogens is 4. The van der Waals surface area contributed by atoms with Crippen LogP contribution in [0.3, 0.4) is 0 Å². The topological polar surface area (TPSA) is 117 Å². The Labute approximate surface area is 609 Å². The van der Waals surface area contributed by atoms with Crippen LogP contribution in [-0.2, 0) is 85.0 Å². The highest BCUT2D eigenvalue weighted by Crippen LogP contribution is 2.35. The summed E-state index contributed by atoms with van der Waals surface area (Å²) in [5, 5.41) is -2.19. The van der Waals surface area contributed by atoms with Crippen LogP contribution in [0.4, 0.5) is 35.1 Å². The minimum absolute atomic E-state index is 0.00152. The molecule has 2 heterocycles. The van der Waals surface area contributed by atoms with Crippen molar-refractivity contribution >= 4 is 35.3 Å². The Hall–Kier alpha value is -7.92. The van der Waals surface area contributed by atoms with Crippen molar-refractivity contribution in [1.29, 1.82) is 0 Å². The summed E-state index contributed by atoms with van der Waals surface area (Å²) in [4.78, 5) is 65.2. The largest absolute Gasteiger partial charge is 0.416 e. The van der Waals surface area contributed by atoms with Gasteiger partial charge in [-0.3, -0.25) is 19.2 Å². The lowest BCUT2D eigenvalue weighted by atomic mass is 10.0. The molecule has 1 atom stereocenters. The van der Waals surface area contributed by atoms with Crippen molar-refractivity contribution in [3.8, 4) is 22.3 Å². The smallest absolute Gasteiger partial charge is 0.336 e. The Morgan fingerprint density at radius 1 is 0.547 bits per heavy atom. The molecule has 0 radical (unpaired) electrons. The molecule has 22 heteroatoms. The van der Waals surface area contributed by atoms with Crippen LogP contribution in [0.15, 0.2) is 165 Å². The highest BCUT2D eigenvalue weighted by molar-refractivity contribution is 7.98. The van der Waals surface area contributed by atoms with Gasteiger partial charge < -0.3 is 28.7 Å². The van der Waals surface area contributed by atoms with Gasteiger partial charge >= 0.3 is 12.4 Å². The summed E-state index contributed by atoms with van der Waals surface area (Å²) in [6, 6.07) is -3.62. The van der Waals surface area contributed by atoms with E-state index < -0.39 is 281 Å². The average molecular weight is 1380 g/mol. The molecule has 2 aliphatic rings. The Balaban J connectivity index is 0.000000304. The van der Waals surface area contributed by atoms with Crippen LogP contribution in [-0.4, -0.2) is 103 Å². The number of carbonyl (C=O) groups excluding carboxylic acids is 2. The Kier molecular flexibility index (Phi) is 12.7. The predicted octanol–water partition coefficient (Wildman–Crippen LogP) is 14.7. The van der Waals surface area contributed by atoms with Crippen molar-refractivity contribution < 1.29 is 95.4 Å². The highest BCUT2D eigenvalue weighted by Gasteiger charge is 2.33. The van der Waals surface area contributed by atoms with E-state index in [-0.39, 0.29) is 79.3 Å². The first-order chi connectivity index (χ1) is 59.7. The van der Waals surface area contributed by atoms with Crippen LogP contribution in [0.1, 0.15) is 148 Å². The van der Waals surface area contributed by atoms with Crippen LogP contribution in [0.2, 0.25) is 0 Å². The molecule has 0 saturated heterocycles. The first kappa shape index (κ1) is 37.0. The molecule has 0 N–H and O–H groups in total. The first-order valence-electron chi connectivity index (χ1n) is 46.7. The lowest BCUT2D eigenvalue weighted by Crippen LogP contribution is -2.40. The van der Waals surface area contributed by atoms with Gasteiger partial charge in [0.15, 0.2) is 10.3 Å². The van der Waals surface area contributed by atoms with E-state index in [0.29, 0.717) is 29.0 Å². The van der Waals surface area contributed by atoms with Crippen LogP contribution in [0, 0.1) is 17.5 Å². The highest BCUT2D eigenvalue weighted by atomic mass is 32.2. The number of rotatable bonds is 26. The Morgan fingerprint density at radius 3 is 1.56 bits per heavy atom. The number of alkyl halides is 6. The number of thioether (sulfide) groups is 2. The van der Waals surface area contributed by atoms with Crippen molar-refractivity contribution in [3.63, 3.8) is 0 Å². The summed E-state index contributed by atoms with van der Waals surface area (Å²) in [6.07, 6.45) is -16.8. The molecule has 0 spiro atoms. The third kappa shape index (κ3) is 19.2. The van der Waals surface area contributed by atoms with Crippen LogP contribution >= 0.6 is 23.5 Å². The Bertz CT molecular complexity index is 5900. The second kappa shape index (κ2) is 32.7. The van der Waals surface area contributed by atoms with E-state index in [1.165, 1.54) is 50.2 Å². The second-order valence-electron chi connectivity index (χ2n) is 19.8. The summed E-state index contributed by atoms with van der Waals surface area (Å²) < 4.78 is 433. The quantitative estimate of drug-likeness (QED) is 0.0295. The molecule has 0 bridgehead atoms. The number of likely N-dealkylation sites (N-methyl/N-ethyl adjacent to an activating group) is 2.